The highest BCUT2D eigenvalue weighted by molar-refractivity contribution is 6.05. The molecule has 0 aromatic heterocycles. The quantitative estimate of drug-likeness (QED) is 0.325. The lowest BCUT2D eigenvalue weighted by Crippen LogP contribution is -2.20. The molecule has 3 aromatic rings. The van der Waals surface area contributed by atoms with Crippen molar-refractivity contribution in [3.63, 3.8) is 0 Å². The number of benzene rings is 3. The lowest BCUT2D eigenvalue weighted by Gasteiger charge is -2.27. The van der Waals surface area contributed by atoms with Crippen molar-refractivity contribution in [2.45, 2.75) is 44.6 Å². The Morgan fingerprint density at radius 2 is 1.82 bits per heavy atom. The maximum Gasteiger partial charge on any atom is 0.303 e. The molecule has 0 aliphatic heterocycles. The zero-order valence-corrected chi connectivity index (χ0v) is 19.0. The molecule has 0 saturated heterocycles. The molecule has 1 unspecified atom stereocenters. The largest absolute Gasteiger partial charge is 0.481 e. The molecular weight excluding hydrogens is 412 g/mol. The molecule has 1 aliphatic rings. The number of nitrogens with one attached hydrogen (secondary N) is 1. The van der Waals surface area contributed by atoms with Crippen molar-refractivity contribution in [2.24, 2.45) is 5.16 Å². The van der Waals surface area contributed by atoms with Gasteiger partial charge in [0.1, 0.15) is 7.11 Å². The van der Waals surface area contributed by atoms with Gasteiger partial charge in [-0.1, -0.05) is 65.8 Å². The molecule has 0 heterocycles. The van der Waals surface area contributed by atoms with Crippen molar-refractivity contribution in [1.82, 2.24) is 0 Å². The summed E-state index contributed by atoms with van der Waals surface area (Å²) in [5, 5.41) is 16.8. The molecule has 0 amide bonds. The van der Waals surface area contributed by atoms with Gasteiger partial charge in [0, 0.05) is 24.6 Å². The van der Waals surface area contributed by atoms with E-state index in [1.807, 2.05) is 42.5 Å². The van der Waals surface area contributed by atoms with Gasteiger partial charge in [0.15, 0.2) is 0 Å². The van der Waals surface area contributed by atoms with Gasteiger partial charge in [-0.25, -0.2) is 0 Å². The summed E-state index contributed by atoms with van der Waals surface area (Å²) >= 11 is 0. The van der Waals surface area contributed by atoms with Gasteiger partial charge in [-0.15, -0.1) is 0 Å². The molecule has 33 heavy (non-hydrogen) atoms. The summed E-state index contributed by atoms with van der Waals surface area (Å²) in [7, 11) is 1.61. The number of oxime groups is 1. The summed E-state index contributed by atoms with van der Waals surface area (Å²) in [6, 6.07) is 25.0. The first-order valence-corrected chi connectivity index (χ1v) is 11.5. The van der Waals surface area contributed by atoms with Crippen molar-refractivity contribution < 1.29 is 14.7 Å². The van der Waals surface area contributed by atoms with Crippen LogP contribution < -0.4 is 5.32 Å². The minimum absolute atomic E-state index is 0.153. The highest BCUT2D eigenvalue weighted by Crippen LogP contribution is 2.35. The van der Waals surface area contributed by atoms with Crippen LogP contribution in [0, 0.1) is 0 Å². The van der Waals surface area contributed by atoms with E-state index in [9.17, 15) is 4.79 Å². The Kier molecular flexibility index (Phi) is 7.40. The van der Waals surface area contributed by atoms with E-state index in [0.717, 1.165) is 48.3 Å². The van der Waals surface area contributed by atoms with Crippen LogP contribution in [-0.2, 0) is 29.0 Å². The van der Waals surface area contributed by atoms with E-state index in [2.05, 4.69) is 40.8 Å². The zero-order chi connectivity index (χ0) is 23.0. The Morgan fingerprint density at radius 3 is 2.55 bits per heavy atom. The molecule has 170 valence electrons. The van der Waals surface area contributed by atoms with Crippen LogP contribution in [-0.4, -0.2) is 23.9 Å². The summed E-state index contributed by atoms with van der Waals surface area (Å²) in [4.78, 5) is 16.0. The van der Waals surface area contributed by atoms with Crippen molar-refractivity contribution >= 4 is 17.4 Å². The Hall–Kier alpha value is -3.60. The molecule has 5 nitrogen and oxygen atoms in total. The third-order valence-corrected chi connectivity index (χ3v) is 6.19. The highest BCUT2D eigenvalue weighted by Gasteiger charge is 2.26. The third kappa shape index (κ3) is 5.80. The Balaban J connectivity index is 1.50. The van der Waals surface area contributed by atoms with Gasteiger partial charge in [0.25, 0.3) is 0 Å². The number of carboxylic acids is 1. The van der Waals surface area contributed by atoms with Crippen LogP contribution in [0.1, 0.15) is 53.0 Å². The number of carbonyl (C=O) groups is 1. The van der Waals surface area contributed by atoms with Gasteiger partial charge in [-0.3, -0.25) is 4.79 Å². The first-order valence-electron chi connectivity index (χ1n) is 11.5. The van der Waals surface area contributed by atoms with Crippen LogP contribution in [0.25, 0.3) is 0 Å². The number of fused-ring (bicyclic) bond motifs is 1. The second-order valence-electron chi connectivity index (χ2n) is 8.45. The van der Waals surface area contributed by atoms with E-state index in [4.69, 9.17) is 9.94 Å². The van der Waals surface area contributed by atoms with E-state index in [1.54, 1.807) is 7.11 Å². The van der Waals surface area contributed by atoms with E-state index in [0.29, 0.717) is 6.42 Å². The normalized spacial score (nSPS) is 15.5. The van der Waals surface area contributed by atoms with E-state index >= 15 is 0 Å². The highest BCUT2D eigenvalue weighted by atomic mass is 16.6. The van der Waals surface area contributed by atoms with Gasteiger partial charge in [-0.2, -0.15) is 0 Å². The Bertz CT molecular complexity index is 1110. The third-order valence-electron chi connectivity index (χ3n) is 6.19. The summed E-state index contributed by atoms with van der Waals surface area (Å²) in [5.41, 5.74) is 8.09. The van der Waals surface area contributed by atoms with Gasteiger partial charge >= 0.3 is 5.97 Å². The number of aliphatic carboxylic acids is 1. The number of aryl methyl sites for hydroxylation is 2. The van der Waals surface area contributed by atoms with E-state index in [-0.39, 0.29) is 12.3 Å². The maximum absolute atomic E-state index is 10.8. The minimum atomic E-state index is -0.770. The smallest absolute Gasteiger partial charge is 0.303 e. The topological polar surface area (TPSA) is 70.9 Å². The summed E-state index contributed by atoms with van der Waals surface area (Å²) < 4.78 is 0. The van der Waals surface area contributed by atoms with E-state index in [1.165, 1.54) is 16.7 Å². The molecule has 0 fully saturated rings. The number of anilines is 1. The molecular formula is C28H30N2O3. The molecule has 0 bridgehead atoms. The van der Waals surface area contributed by atoms with Crippen LogP contribution in [0.3, 0.4) is 0 Å². The van der Waals surface area contributed by atoms with Crippen molar-refractivity contribution in [3.8, 4) is 0 Å². The molecule has 1 atom stereocenters. The van der Waals surface area contributed by atoms with E-state index < -0.39 is 5.97 Å². The molecule has 3 aromatic carbocycles. The molecule has 2 N–H and O–H groups in total. The fourth-order valence-corrected chi connectivity index (χ4v) is 4.51. The van der Waals surface area contributed by atoms with Crippen LogP contribution in [0.15, 0.2) is 78.0 Å². The second-order valence-corrected chi connectivity index (χ2v) is 8.45. The molecule has 0 spiro atoms. The maximum atomic E-state index is 10.8. The number of rotatable bonds is 9. The van der Waals surface area contributed by atoms with Crippen LogP contribution in [0.4, 0.5) is 5.69 Å². The summed E-state index contributed by atoms with van der Waals surface area (Å²) in [6.07, 6.45) is 3.99. The number of nitrogens with zero attached hydrogens (tertiary/aromatic N) is 1. The standard InChI is InChI=1S/C28H30N2O3/c1-33-30-28(23-6-3-2-4-7-23)25-9-5-8-22-14-10-21(18-26(22)25)19-29-24-15-11-20(12-16-24)13-17-27(31)32/h2-4,6-7,10-12,14-16,18,25,29H,5,8-9,13,17,19H2,1H3,(H,31,32). The average molecular weight is 443 g/mol. The number of carboxylic acid groups (broad SMARTS) is 1. The molecule has 1 aliphatic carbocycles. The molecule has 0 saturated carbocycles. The second kappa shape index (κ2) is 10.8. The zero-order valence-electron chi connectivity index (χ0n) is 19.0. The van der Waals surface area contributed by atoms with Crippen LogP contribution >= 0.6 is 0 Å². The van der Waals surface area contributed by atoms with Gasteiger partial charge < -0.3 is 15.3 Å². The summed E-state index contributed by atoms with van der Waals surface area (Å²) in [5.74, 6) is -0.557. The van der Waals surface area contributed by atoms with Gasteiger partial charge in [-0.05, 0) is 65.6 Å². The van der Waals surface area contributed by atoms with Crippen molar-refractivity contribution in [1.29, 1.82) is 0 Å². The minimum Gasteiger partial charge on any atom is -0.481 e. The lowest BCUT2D eigenvalue weighted by molar-refractivity contribution is -0.136. The lowest BCUT2D eigenvalue weighted by atomic mass is 9.78. The number of hydrogen-bond donors (Lipinski definition) is 2. The van der Waals surface area contributed by atoms with Crippen molar-refractivity contribution in [3.05, 3.63) is 101 Å². The number of hydrogen-bond acceptors (Lipinski definition) is 4. The first kappa shape index (κ1) is 22.6. The molecule has 5 heteroatoms. The summed E-state index contributed by atoms with van der Waals surface area (Å²) in [6.45, 7) is 0.719. The van der Waals surface area contributed by atoms with Gasteiger partial charge in [0.2, 0.25) is 0 Å². The Labute approximate surface area is 195 Å². The average Bonchev–Trinajstić information content (AvgIpc) is 2.85. The fourth-order valence-electron chi connectivity index (χ4n) is 4.51. The predicted octanol–water partition coefficient (Wildman–Crippen LogP) is 5.79. The van der Waals surface area contributed by atoms with Crippen LogP contribution in [0.5, 0.6) is 0 Å². The monoisotopic (exact) mass is 442 g/mol. The van der Waals surface area contributed by atoms with Crippen LogP contribution in [0.2, 0.25) is 0 Å². The Morgan fingerprint density at radius 1 is 1.06 bits per heavy atom. The first-order chi connectivity index (χ1) is 16.1. The van der Waals surface area contributed by atoms with Crippen molar-refractivity contribution in [2.75, 3.05) is 12.4 Å². The SMILES string of the molecule is CON=C(c1ccccc1)C1CCCc2ccc(CNc3ccc(CCC(=O)O)cc3)cc21. The fraction of sp³-hybridized carbons (Fsp3) is 0.286. The molecule has 4 rings (SSSR count). The van der Waals surface area contributed by atoms with Gasteiger partial charge in [0.05, 0.1) is 5.71 Å². The predicted molar refractivity (Wildman–Crippen MR) is 132 cm³/mol. The molecule has 0 radical (unpaired) electrons.